The van der Waals surface area contributed by atoms with Gasteiger partial charge in [-0.25, -0.2) is 0 Å². The van der Waals surface area contributed by atoms with Gasteiger partial charge < -0.3 is 20.1 Å². The van der Waals surface area contributed by atoms with E-state index in [0.29, 0.717) is 25.1 Å². The van der Waals surface area contributed by atoms with Gasteiger partial charge in [0, 0.05) is 24.2 Å². The van der Waals surface area contributed by atoms with Crippen molar-refractivity contribution in [3.8, 4) is 0 Å². The van der Waals surface area contributed by atoms with Crippen molar-refractivity contribution >= 4 is 5.91 Å². The van der Waals surface area contributed by atoms with E-state index >= 15 is 0 Å². The van der Waals surface area contributed by atoms with Crippen molar-refractivity contribution in [1.29, 1.82) is 0 Å². The van der Waals surface area contributed by atoms with Gasteiger partial charge in [0.2, 0.25) is 0 Å². The monoisotopic (exact) mass is 308 g/mol. The second kappa shape index (κ2) is 6.62. The first kappa shape index (κ1) is 16.7. The molecule has 1 aliphatic rings. The van der Waals surface area contributed by atoms with Crippen LogP contribution in [-0.2, 0) is 0 Å². The van der Waals surface area contributed by atoms with Crippen LogP contribution in [0.2, 0.25) is 0 Å². The summed E-state index contributed by atoms with van der Waals surface area (Å²) >= 11 is 0. The van der Waals surface area contributed by atoms with Crippen LogP contribution in [0.4, 0.5) is 0 Å². The number of piperidine rings is 1. The minimum absolute atomic E-state index is 0.102. The number of aryl methyl sites for hydroxylation is 1. The number of carbonyl (C=O) groups is 1. The maximum absolute atomic E-state index is 12.6. The number of hydrogen-bond acceptors (Lipinski definition) is 4. The standard InChI is InChI=1S/C16H24N2O4/c1-3-7-16(10-19)9-18(8-6-13(16)20)15(22)12-5-4-11(2)17-14(12)21/h4-5,13,19-20H,3,6-10H2,1-2H3,(H,17,21)/t13-,16+/m1/s1. The smallest absolute Gasteiger partial charge is 0.260 e. The second-order valence-corrected chi connectivity index (χ2v) is 6.19. The molecule has 0 aromatic carbocycles. The highest BCUT2D eigenvalue weighted by Crippen LogP contribution is 2.35. The van der Waals surface area contributed by atoms with E-state index in [1.54, 1.807) is 17.9 Å². The first-order chi connectivity index (χ1) is 10.4. The van der Waals surface area contributed by atoms with Gasteiger partial charge in [0.25, 0.3) is 11.5 Å². The minimum atomic E-state index is -0.694. The Labute approximate surface area is 129 Å². The molecule has 2 atom stereocenters. The number of nitrogens with one attached hydrogen (secondary N) is 1. The summed E-state index contributed by atoms with van der Waals surface area (Å²) in [5.41, 5.74) is -0.294. The van der Waals surface area contributed by atoms with Crippen LogP contribution in [0.15, 0.2) is 16.9 Å². The number of amides is 1. The molecule has 22 heavy (non-hydrogen) atoms. The number of aliphatic hydroxyl groups excluding tert-OH is 2. The van der Waals surface area contributed by atoms with E-state index in [0.717, 1.165) is 6.42 Å². The molecular formula is C16H24N2O4. The number of aromatic nitrogens is 1. The van der Waals surface area contributed by atoms with Crippen molar-refractivity contribution in [2.75, 3.05) is 19.7 Å². The summed E-state index contributed by atoms with van der Waals surface area (Å²) in [6, 6.07) is 3.22. The Morgan fingerprint density at radius 2 is 2.23 bits per heavy atom. The molecule has 1 fully saturated rings. The summed E-state index contributed by atoms with van der Waals surface area (Å²) in [6.07, 6.45) is 1.23. The highest BCUT2D eigenvalue weighted by atomic mass is 16.3. The molecule has 3 N–H and O–H groups in total. The number of H-pyrrole nitrogens is 1. The van der Waals surface area contributed by atoms with Gasteiger partial charge in [0.15, 0.2) is 0 Å². The Morgan fingerprint density at radius 3 is 2.82 bits per heavy atom. The van der Waals surface area contributed by atoms with E-state index < -0.39 is 17.1 Å². The van der Waals surface area contributed by atoms with Gasteiger partial charge >= 0.3 is 0 Å². The molecule has 0 unspecified atom stereocenters. The van der Waals surface area contributed by atoms with E-state index in [2.05, 4.69) is 4.98 Å². The number of hydrogen-bond donors (Lipinski definition) is 3. The minimum Gasteiger partial charge on any atom is -0.396 e. The molecule has 1 aliphatic heterocycles. The van der Waals surface area contributed by atoms with Crippen LogP contribution >= 0.6 is 0 Å². The lowest BCUT2D eigenvalue weighted by atomic mass is 9.74. The molecule has 0 radical (unpaired) electrons. The summed E-state index contributed by atoms with van der Waals surface area (Å²) in [5.74, 6) is -0.345. The topological polar surface area (TPSA) is 93.6 Å². The predicted octanol–water partition coefficient (Wildman–Crippen LogP) is 0.669. The fraction of sp³-hybridized carbons (Fsp3) is 0.625. The number of aliphatic hydroxyl groups is 2. The molecule has 1 aromatic rings. The van der Waals surface area contributed by atoms with Crippen LogP contribution in [0.5, 0.6) is 0 Å². The molecule has 0 bridgehead atoms. The van der Waals surface area contributed by atoms with Crippen LogP contribution in [0.3, 0.4) is 0 Å². The van der Waals surface area contributed by atoms with Gasteiger partial charge in [-0.15, -0.1) is 0 Å². The van der Waals surface area contributed by atoms with Gasteiger partial charge in [0.05, 0.1) is 12.7 Å². The van der Waals surface area contributed by atoms with E-state index in [4.69, 9.17) is 0 Å². The number of carbonyl (C=O) groups excluding carboxylic acids is 1. The van der Waals surface area contributed by atoms with Crippen LogP contribution in [-0.4, -0.2) is 51.8 Å². The fourth-order valence-electron chi connectivity index (χ4n) is 3.21. The van der Waals surface area contributed by atoms with Gasteiger partial charge in [-0.3, -0.25) is 9.59 Å². The Kier molecular flexibility index (Phi) is 5.03. The van der Waals surface area contributed by atoms with Crippen molar-refractivity contribution in [2.24, 2.45) is 5.41 Å². The Hall–Kier alpha value is -1.66. The molecule has 6 heteroatoms. The lowest BCUT2D eigenvalue weighted by Crippen LogP contribution is -2.55. The third-order valence-electron chi connectivity index (χ3n) is 4.52. The number of rotatable bonds is 4. The first-order valence-corrected chi connectivity index (χ1v) is 7.71. The zero-order valence-corrected chi connectivity index (χ0v) is 13.1. The molecule has 2 rings (SSSR count). The zero-order valence-electron chi connectivity index (χ0n) is 13.1. The van der Waals surface area contributed by atoms with Gasteiger partial charge in [-0.05, 0) is 31.9 Å². The maximum atomic E-state index is 12.6. The molecular weight excluding hydrogens is 284 g/mol. The Balaban J connectivity index is 2.25. The molecule has 6 nitrogen and oxygen atoms in total. The van der Waals surface area contributed by atoms with Gasteiger partial charge in [0.1, 0.15) is 5.56 Å². The van der Waals surface area contributed by atoms with Crippen molar-refractivity contribution in [3.05, 3.63) is 33.7 Å². The number of aromatic amines is 1. The van der Waals surface area contributed by atoms with E-state index in [1.165, 1.54) is 6.07 Å². The molecule has 2 heterocycles. The third-order valence-corrected chi connectivity index (χ3v) is 4.52. The van der Waals surface area contributed by atoms with Crippen molar-refractivity contribution in [2.45, 2.75) is 39.2 Å². The van der Waals surface area contributed by atoms with Crippen molar-refractivity contribution in [1.82, 2.24) is 9.88 Å². The van der Waals surface area contributed by atoms with Gasteiger partial charge in [-0.1, -0.05) is 13.3 Å². The number of nitrogens with zero attached hydrogens (tertiary/aromatic N) is 1. The SMILES string of the molecule is CCC[C@@]1(CO)CN(C(=O)c2ccc(C)[nH]c2=O)CC[C@H]1O. The zero-order chi connectivity index (χ0) is 16.3. The van der Waals surface area contributed by atoms with E-state index in [-0.39, 0.29) is 24.6 Å². The average molecular weight is 308 g/mol. The normalized spacial score (nSPS) is 25.3. The van der Waals surface area contributed by atoms with Crippen LogP contribution in [0, 0.1) is 12.3 Å². The van der Waals surface area contributed by atoms with Crippen LogP contribution in [0.25, 0.3) is 0 Å². The predicted molar refractivity (Wildman–Crippen MR) is 82.8 cm³/mol. The summed E-state index contributed by atoms with van der Waals surface area (Å²) in [4.78, 5) is 28.7. The summed E-state index contributed by atoms with van der Waals surface area (Å²) in [7, 11) is 0. The second-order valence-electron chi connectivity index (χ2n) is 6.19. The average Bonchev–Trinajstić information content (AvgIpc) is 2.49. The number of pyridine rings is 1. The van der Waals surface area contributed by atoms with E-state index in [1.807, 2.05) is 6.92 Å². The number of likely N-dealkylation sites (tertiary alicyclic amines) is 1. The van der Waals surface area contributed by atoms with Crippen LogP contribution in [0.1, 0.15) is 42.2 Å². The highest BCUT2D eigenvalue weighted by molar-refractivity contribution is 5.94. The third kappa shape index (κ3) is 3.08. The molecule has 122 valence electrons. The molecule has 1 amide bonds. The first-order valence-electron chi connectivity index (χ1n) is 7.71. The van der Waals surface area contributed by atoms with E-state index in [9.17, 15) is 19.8 Å². The Morgan fingerprint density at radius 1 is 1.50 bits per heavy atom. The molecule has 1 saturated heterocycles. The highest BCUT2D eigenvalue weighted by Gasteiger charge is 2.43. The Bertz CT molecular complexity index is 598. The maximum Gasteiger partial charge on any atom is 0.260 e. The summed E-state index contributed by atoms with van der Waals surface area (Å²) in [5, 5.41) is 20.0. The molecule has 0 spiro atoms. The summed E-state index contributed by atoms with van der Waals surface area (Å²) in [6.45, 7) is 4.22. The van der Waals surface area contributed by atoms with Crippen molar-refractivity contribution in [3.63, 3.8) is 0 Å². The lowest BCUT2D eigenvalue weighted by molar-refractivity contribution is -0.0720. The summed E-state index contributed by atoms with van der Waals surface area (Å²) < 4.78 is 0. The fourth-order valence-corrected chi connectivity index (χ4v) is 3.21. The lowest BCUT2D eigenvalue weighted by Gasteiger charge is -2.45. The molecule has 1 aromatic heterocycles. The molecule has 0 aliphatic carbocycles. The van der Waals surface area contributed by atoms with Crippen LogP contribution < -0.4 is 5.56 Å². The quantitative estimate of drug-likeness (QED) is 0.762. The van der Waals surface area contributed by atoms with Crippen molar-refractivity contribution < 1.29 is 15.0 Å². The largest absolute Gasteiger partial charge is 0.396 e. The molecule has 0 saturated carbocycles. The van der Waals surface area contributed by atoms with Gasteiger partial charge in [-0.2, -0.15) is 0 Å².